The van der Waals surface area contributed by atoms with Crippen LogP contribution in [0.4, 0.5) is 0 Å². The van der Waals surface area contributed by atoms with Gasteiger partial charge in [-0.15, -0.1) is 0 Å². The first-order chi connectivity index (χ1) is 6.40. The molecule has 1 aliphatic rings. The first-order valence-electron chi connectivity index (χ1n) is 4.53. The molecule has 4 heteroatoms. The highest BCUT2D eigenvalue weighted by molar-refractivity contribution is 5.05. The minimum atomic E-state index is 0.0844. The summed E-state index contributed by atoms with van der Waals surface area (Å²) >= 11 is 0. The second-order valence-electron chi connectivity index (χ2n) is 3.20. The predicted octanol–water partition coefficient (Wildman–Crippen LogP) is 0.713. The monoisotopic (exact) mass is 183 g/mol. The van der Waals surface area contributed by atoms with Crippen molar-refractivity contribution < 1.29 is 14.3 Å². The van der Waals surface area contributed by atoms with E-state index in [1.807, 2.05) is 0 Å². The van der Waals surface area contributed by atoms with Crippen LogP contribution in [0.1, 0.15) is 23.9 Å². The van der Waals surface area contributed by atoms with Crippen LogP contribution in [0.15, 0.2) is 10.7 Å². The summed E-state index contributed by atoms with van der Waals surface area (Å²) in [6, 6.07) is 0. The Morgan fingerprint density at radius 2 is 2.54 bits per heavy atom. The fourth-order valence-electron chi connectivity index (χ4n) is 1.49. The van der Waals surface area contributed by atoms with Crippen LogP contribution in [0.5, 0.6) is 0 Å². The fraction of sp³-hybridized carbons (Fsp3) is 0.667. The number of aliphatic hydroxyl groups excluding tert-OH is 1. The summed E-state index contributed by atoms with van der Waals surface area (Å²) in [7, 11) is 0. The number of ether oxygens (including phenoxy) is 1. The van der Waals surface area contributed by atoms with E-state index in [1.54, 1.807) is 6.26 Å². The van der Waals surface area contributed by atoms with Crippen molar-refractivity contribution in [3.05, 3.63) is 17.8 Å². The Kier molecular flexibility index (Phi) is 2.61. The van der Waals surface area contributed by atoms with Crippen molar-refractivity contribution in [2.24, 2.45) is 0 Å². The first kappa shape index (κ1) is 8.72. The Bertz CT molecular complexity index is 266. The number of aromatic nitrogens is 1. The lowest BCUT2D eigenvalue weighted by atomic mass is 10.1. The zero-order chi connectivity index (χ0) is 9.10. The molecule has 2 heterocycles. The molecule has 13 heavy (non-hydrogen) atoms. The van der Waals surface area contributed by atoms with Gasteiger partial charge in [-0.3, -0.25) is 0 Å². The summed E-state index contributed by atoms with van der Waals surface area (Å²) in [4.78, 5) is 4.28. The Morgan fingerprint density at radius 3 is 3.23 bits per heavy atom. The first-order valence-corrected chi connectivity index (χ1v) is 4.53. The summed E-state index contributed by atoms with van der Waals surface area (Å²) < 4.78 is 10.4. The molecule has 1 atom stereocenters. The Balaban J connectivity index is 2.03. The van der Waals surface area contributed by atoms with E-state index in [2.05, 4.69) is 4.98 Å². The summed E-state index contributed by atoms with van der Waals surface area (Å²) in [5.41, 5.74) is 0.959. The van der Waals surface area contributed by atoms with Crippen LogP contribution in [0.3, 0.4) is 0 Å². The molecule has 0 bridgehead atoms. The van der Waals surface area contributed by atoms with Crippen LogP contribution >= 0.6 is 0 Å². The number of hydrogen-bond acceptors (Lipinski definition) is 4. The van der Waals surface area contributed by atoms with Gasteiger partial charge in [0.15, 0.2) is 5.89 Å². The van der Waals surface area contributed by atoms with Crippen molar-refractivity contribution in [2.45, 2.75) is 18.8 Å². The van der Waals surface area contributed by atoms with Crippen LogP contribution in [0.2, 0.25) is 0 Å². The van der Waals surface area contributed by atoms with Gasteiger partial charge < -0.3 is 14.3 Å². The van der Waals surface area contributed by atoms with Crippen LogP contribution in [-0.4, -0.2) is 29.9 Å². The molecular weight excluding hydrogens is 170 g/mol. The molecule has 0 radical (unpaired) electrons. The Morgan fingerprint density at radius 1 is 1.62 bits per heavy atom. The van der Waals surface area contributed by atoms with E-state index in [0.717, 1.165) is 25.3 Å². The summed E-state index contributed by atoms with van der Waals surface area (Å²) in [6.07, 6.45) is 3.18. The van der Waals surface area contributed by atoms with Gasteiger partial charge in [-0.2, -0.15) is 0 Å². The highest BCUT2D eigenvalue weighted by Crippen LogP contribution is 2.24. The van der Waals surface area contributed by atoms with Gasteiger partial charge in [0, 0.05) is 18.9 Å². The maximum atomic E-state index is 8.67. The molecule has 4 nitrogen and oxygen atoms in total. The van der Waals surface area contributed by atoms with E-state index in [4.69, 9.17) is 14.3 Å². The molecule has 1 aromatic heterocycles. The molecule has 72 valence electrons. The summed E-state index contributed by atoms with van der Waals surface area (Å²) in [5.74, 6) is 1.00. The number of nitrogens with zero attached hydrogens (tertiary/aromatic N) is 1. The number of oxazole rings is 1. The van der Waals surface area contributed by atoms with Crippen molar-refractivity contribution in [2.75, 3.05) is 19.8 Å². The minimum absolute atomic E-state index is 0.0844. The van der Waals surface area contributed by atoms with E-state index in [1.165, 1.54) is 0 Å². The van der Waals surface area contributed by atoms with E-state index in [9.17, 15) is 0 Å². The zero-order valence-corrected chi connectivity index (χ0v) is 7.40. The van der Waals surface area contributed by atoms with Gasteiger partial charge in [0.1, 0.15) is 6.26 Å². The lowest BCUT2D eigenvalue weighted by Gasteiger charge is -1.99. The van der Waals surface area contributed by atoms with Gasteiger partial charge in [-0.25, -0.2) is 4.98 Å². The van der Waals surface area contributed by atoms with Crippen LogP contribution in [-0.2, 0) is 11.2 Å². The van der Waals surface area contributed by atoms with Gasteiger partial charge in [-0.1, -0.05) is 0 Å². The SMILES string of the molecule is OCCc1nc(C2CCOC2)co1. The molecule has 1 saturated heterocycles. The molecule has 0 amide bonds. The molecule has 0 saturated carbocycles. The second-order valence-corrected chi connectivity index (χ2v) is 3.20. The third kappa shape index (κ3) is 1.89. The normalized spacial score (nSPS) is 22.4. The van der Waals surface area contributed by atoms with Gasteiger partial charge >= 0.3 is 0 Å². The lowest BCUT2D eigenvalue weighted by molar-refractivity contribution is 0.193. The molecule has 0 aromatic carbocycles. The van der Waals surface area contributed by atoms with Gasteiger partial charge in [0.2, 0.25) is 0 Å². The van der Waals surface area contributed by atoms with E-state index in [0.29, 0.717) is 18.2 Å². The molecule has 2 rings (SSSR count). The van der Waals surface area contributed by atoms with E-state index in [-0.39, 0.29) is 6.61 Å². The quantitative estimate of drug-likeness (QED) is 0.750. The standard InChI is InChI=1S/C9H13NO3/c11-3-1-9-10-8(6-13-9)7-2-4-12-5-7/h6-7,11H,1-5H2. The van der Waals surface area contributed by atoms with Gasteiger partial charge in [-0.05, 0) is 6.42 Å². The van der Waals surface area contributed by atoms with Crippen molar-refractivity contribution in [1.82, 2.24) is 4.98 Å². The third-order valence-corrected chi connectivity index (χ3v) is 2.24. The van der Waals surface area contributed by atoms with Crippen molar-refractivity contribution in [1.29, 1.82) is 0 Å². The minimum Gasteiger partial charge on any atom is -0.449 e. The molecule has 0 spiro atoms. The van der Waals surface area contributed by atoms with Crippen molar-refractivity contribution in [3.8, 4) is 0 Å². The van der Waals surface area contributed by atoms with Crippen LogP contribution in [0.25, 0.3) is 0 Å². The molecule has 0 aliphatic carbocycles. The molecule has 1 unspecified atom stereocenters. The second kappa shape index (κ2) is 3.89. The topological polar surface area (TPSA) is 55.5 Å². The van der Waals surface area contributed by atoms with Crippen LogP contribution in [0, 0.1) is 0 Å². The average molecular weight is 183 g/mol. The van der Waals surface area contributed by atoms with E-state index >= 15 is 0 Å². The molecular formula is C9H13NO3. The molecule has 1 aromatic rings. The maximum Gasteiger partial charge on any atom is 0.196 e. The number of hydrogen-bond donors (Lipinski definition) is 1. The third-order valence-electron chi connectivity index (χ3n) is 2.24. The zero-order valence-electron chi connectivity index (χ0n) is 7.40. The van der Waals surface area contributed by atoms with Crippen molar-refractivity contribution >= 4 is 0 Å². The van der Waals surface area contributed by atoms with Crippen LogP contribution < -0.4 is 0 Å². The molecule has 1 fully saturated rings. The summed E-state index contributed by atoms with van der Waals surface area (Å²) in [6.45, 7) is 1.64. The lowest BCUT2D eigenvalue weighted by Crippen LogP contribution is -1.98. The smallest absolute Gasteiger partial charge is 0.196 e. The predicted molar refractivity (Wildman–Crippen MR) is 45.5 cm³/mol. The molecule has 1 N–H and O–H groups in total. The highest BCUT2D eigenvalue weighted by Gasteiger charge is 2.20. The number of aliphatic hydroxyl groups is 1. The Labute approximate surface area is 76.5 Å². The van der Waals surface area contributed by atoms with Gasteiger partial charge in [0.05, 0.1) is 18.9 Å². The average Bonchev–Trinajstić information content (AvgIpc) is 2.70. The Hall–Kier alpha value is -0.870. The maximum absolute atomic E-state index is 8.67. The largest absolute Gasteiger partial charge is 0.449 e. The highest BCUT2D eigenvalue weighted by atomic mass is 16.5. The van der Waals surface area contributed by atoms with Gasteiger partial charge in [0.25, 0.3) is 0 Å². The number of rotatable bonds is 3. The van der Waals surface area contributed by atoms with Crippen molar-refractivity contribution in [3.63, 3.8) is 0 Å². The summed E-state index contributed by atoms with van der Waals surface area (Å²) in [5, 5.41) is 8.67. The fourth-order valence-corrected chi connectivity index (χ4v) is 1.49. The van der Waals surface area contributed by atoms with E-state index < -0.39 is 0 Å². The molecule has 1 aliphatic heterocycles.